The van der Waals surface area contributed by atoms with Gasteiger partial charge in [-0.25, -0.2) is 0 Å². The molecule has 0 aromatic heterocycles. The van der Waals surface area contributed by atoms with Crippen molar-refractivity contribution in [1.82, 2.24) is 4.90 Å². The van der Waals surface area contributed by atoms with Crippen LogP contribution in [0.1, 0.15) is 35.7 Å². The molecule has 1 aliphatic heterocycles. The summed E-state index contributed by atoms with van der Waals surface area (Å²) in [6.45, 7) is 5.20. The number of Topliss-reactive ketones (excluding diaryl/α,β-unsaturated/α-hetero) is 1. The zero-order chi connectivity index (χ0) is 19.9. The van der Waals surface area contributed by atoms with Crippen LogP contribution in [0.15, 0.2) is 42.5 Å². The Balaban J connectivity index is 1.70. The molecule has 1 heterocycles. The Kier molecular flexibility index (Phi) is 6.93. The van der Waals surface area contributed by atoms with Crippen LogP contribution in [0.2, 0.25) is 0 Å². The quantitative estimate of drug-likeness (QED) is 0.640. The SMILES string of the molecule is CCOc1ccccc1CN1CCC[C@H](C(=O)c2ccc(OC)c(OC)c2)C1. The third-order valence-electron chi connectivity index (χ3n) is 5.21. The lowest BCUT2D eigenvalue weighted by molar-refractivity contribution is 0.0810. The van der Waals surface area contributed by atoms with Gasteiger partial charge in [-0.1, -0.05) is 18.2 Å². The molecule has 1 aliphatic rings. The van der Waals surface area contributed by atoms with Crippen LogP contribution in [0.3, 0.4) is 0 Å². The molecule has 0 unspecified atom stereocenters. The Hall–Kier alpha value is -2.53. The highest BCUT2D eigenvalue weighted by molar-refractivity contribution is 5.98. The van der Waals surface area contributed by atoms with Gasteiger partial charge in [0.25, 0.3) is 0 Å². The molecule has 2 aromatic carbocycles. The number of hydrogen-bond donors (Lipinski definition) is 0. The van der Waals surface area contributed by atoms with Crippen LogP contribution >= 0.6 is 0 Å². The molecule has 28 heavy (non-hydrogen) atoms. The first-order valence-corrected chi connectivity index (χ1v) is 9.85. The van der Waals surface area contributed by atoms with E-state index in [0.717, 1.165) is 38.2 Å². The summed E-state index contributed by atoms with van der Waals surface area (Å²) in [6, 6.07) is 13.5. The minimum Gasteiger partial charge on any atom is -0.494 e. The normalized spacial score (nSPS) is 17.2. The smallest absolute Gasteiger partial charge is 0.167 e. The molecule has 150 valence electrons. The first kappa shape index (κ1) is 20.2. The molecule has 3 rings (SSSR count). The number of carbonyl (C=O) groups is 1. The molecular weight excluding hydrogens is 354 g/mol. The lowest BCUT2D eigenvalue weighted by atomic mass is 9.89. The Morgan fingerprint density at radius 2 is 1.86 bits per heavy atom. The van der Waals surface area contributed by atoms with Gasteiger partial charge in [-0.15, -0.1) is 0 Å². The van der Waals surface area contributed by atoms with E-state index >= 15 is 0 Å². The number of likely N-dealkylation sites (tertiary alicyclic amines) is 1. The van der Waals surface area contributed by atoms with Crippen molar-refractivity contribution in [2.45, 2.75) is 26.3 Å². The highest BCUT2D eigenvalue weighted by atomic mass is 16.5. The standard InChI is InChI=1S/C23H29NO4/c1-4-28-20-10-6-5-8-18(20)15-24-13-7-9-19(16-24)23(25)17-11-12-21(26-2)22(14-17)27-3/h5-6,8,10-12,14,19H,4,7,9,13,15-16H2,1-3H3/t19-/m0/s1. The van der Waals surface area contributed by atoms with Gasteiger partial charge in [-0.2, -0.15) is 0 Å². The van der Waals surface area contributed by atoms with Crippen LogP contribution in [0.5, 0.6) is 17.2 Å². The lowest BCUT2D eigenvalue weighted by Gasteiger charge is -2.32. The number of methoxy groups -OCH3 is 2. The molecule has 5 heteroatoms. The van der Waals surface area contributed by atoms with Crippen LogP contribution in [0.25, 0.3) is 0 Å². The summed E-state index contributed by atoms with van der Waals surface area (Å²) in [7, 11) is 3.18. The Morgan fingerprint density at radius 3 is 2.61 bits per heavy atom. The van der Waals surface area contributed by atoms with E-state index in [9.17, 15) is 4.79 Å². The van der Waals surface area contributed by atoms with E-state index in [1.807, 2.05) is 31.2 Å². The number of para-hydroxylation sites is 1. The predicted molar refractivity (Wildman–Crippen MR) is 109 cm³/mol. The molecule has 5 nitrogen and oxygen atoms in total. The summed E-state index contributed by atoms with van der Waals surface area (Å²) < 4.78 is 16.4. The van der Waals surface area contributed by atoms with E-state index in [4.69, 9.17) is 14.2 Å². The van der Waals surface area contributed by atoms with E-state index in [1.54, 1.807) is 26.4 Å². The van der Waals surface area contributed by atoms with Crippen LogP contribution in [-0.4, -0.2) is 44.6 Å². The van der Waals surface area contributed by atoms with Crippen molar-refractivity contribution in [3.05, 3.63) is 53.6 Å². The fourth-order valence-corrected chi connectivity index (χ4v) is 3.81. The maximum absolute atomic E-state index is 13.1. The van der Waals surface area contributed by atoms with Crippen molar-refractivity contribution in [1.29, 1.82) is 0 Å². The molecule has 2 aromatic rings. The highest BCUT2D eigenvalue weighted by Crippen LogP contribution is 2.30. The van der Waals surface area contributed by atoms with Crippen molar-refractivity contribution in [2.75, 3.05) is 33.9 Å². The van der Waals surface area contributed by atoms with Gasteiger partial charge in [0.2, 0.25) is 0 Å². The number of ketones is 1. The summed E-state index contributed by atoms with van der Waals surface area (Å²) in [5.74, 6) is 2.32. The second kappa shape index (κ2) is 9.60. The molecule has 1 saturated heterocycles. The average molecular weight is 383 g/mol. The van der Waals surface area contributed by atoms with Crippen LogP contribution in [0, 0.1) is 5.92 Å². The van der Waals surface area contributed by atoms with Gasteiger partial charge in [-0.05, 0) is 50.6 Å². The fourth-order valence-electron chi connectivity index (χ4n) is 3.81. The highest BCUT2D eigenvalue weighted by Gasteiger charge is 2.27. The molecule has 0 N–H and O–H groups in total. The Bertz CT molecular complexity index is 805. The maximum Gasteiger partial charge on any atom is 0.167 e. The molecular formula is C23H29NO4. The van der Waals surface area contributed by atoms with Crippen molar-refractivity contribution < 1.29 is 19.0 Å². The van der Waals surface area contributed by atoms with Crippen molar-refractivity contribution >= 4 is 5.78 Å². The Labute approximate surface area is 167 Å². The van der Waals surface area contributed by atoms with Crippen molar-refractivity contribution in [3.63, 3.8) is 0 Å². The third kappa shape index (κ3) is 4.65. The van der Waals surface area contributed by atoms with Crippen molar-refractivity contribution in [2.24, 2.45) is 5.92 Å². The Morgan fingerprint density at radius 1 is 1.07 bits per heavy atom. The lowest BCUT2D eigenvalue weighted by Crippen LogP contribution is -2.38. The number of nitrogens with zero attached hydrogens (tertiary/aromatic N) is 1. The van der Waals surface area contributed by atoms with Gasteiger partial charge in [0.15, 0.2) is 17.3 Å². The number of ether oxygens (including phenoxy) is 3. The topological polar surface area (TPSA) is 48.0 Å². The molecule has 1 fully saturated rings. The molecule has 0 saturated carbocycles. The summed E-state index contributed by atoms with van der Waals surface area (Å²) in [6.07, 6.45) is 1.93. The summed E-state index contributed by atoms with van der Waals surface area (Å²) in [4.78, 5) is 15.4. The number of carbonyl (C=O) groups excluding carboxylic acids is 1. The molecule has 1 atom stereocenters. The summed E-state index contributed by atoms with van der Waals surface area (Å²) in [5.41, 5.74) is 1.85. The van der Waals surface area contributed by atoms with Gasteiger partial charge in [0.1, 0.15) is 5.75 Å². The van der Waals surface area contributed by atoms with Gasteiger partial charge in [0, 0.05) is 30.1 Å². The maximum atomic E-state index is 13.1. The second-order valence-electron chi connectivity index (χ2n) is 7.05. The second-order valence-corrected chi connectivity index (χ2v) is 7.05. The molecule has 0 bridgehead atoms. The van der Waals surface area contributed by atoms with Crippen LogP contribution < -0.4 is 14.2 Å². The van der Waals surface area contributed by atoms with E-state index in [-0.39, 0.29) is 11.7 Å². The molecule has 0 aliphatic carbocycles. The molecule has 0 spiro atoms. The molecule has 0 amide bonds. The number of benzene rings is 2. The van der Waals surface area contributed by atoms with E-state index < -0.39 is 0 Å². The van der Waals surface area contributed by atoms with Gasteiger partial charge in [0.05, 0.1) is 20.8 Å². The summed E-state index contributed by atoms with van der Waals surface area (Å²) >= 11 is 0. The monoisotopic (exact) mass is 383 g/mol. The van der Waals surface area contributed by atoms with Crippen LogP contribution in [-0.2, 0) is 6.54 Å². The van der Waals surface area contributed by atoms with E-state index in [1.165, 1.54) is 5.56 Å². The fraction of sp³-hybridized carbons (Fsp3) is 0.435. The average Bonchev–Trinajstić information content (AvgIpc) is 2.74. The zero-order valence-electron chi connectivity index (χ0n) is 16.9. The number of piperidine rings is 1. The van der Waals surface area contributed by atoms with E-state index in [0.29, 0.717) is 23.7 Å². The van der Waals surface area contributed by atoms with Crippen LogP contribution in [0.4, 0.5) is 0 Å². The predicted octanol–water partition coefficient (Wildman–Crippen LogP) is 4.20. The minimum atomic E-state index is -0.00823. The van der Waals surface area contributed by atoms with Gasteiger partial charge in [-0.3, -0.25) is 9.69 Å². The first-order valence-electron chi connectivity index (χ1n) is 9.85. The molecule has 0 radical (unpaired) electrons. The third-order valence-corrected chi connectivity index (χ3v) is 5.21. The number of hydrogen-bond acceptors (Lipinski definition) is 5. The van der Waals surface area contributed by atoms with Gasteiger partial charge >= 0.3 is 0 Å². The minimum absolute atomic E-state index is 0.00823. The first-order chi connectivity index (χ1) is 13.7. The van der Waals surface area contributed by atoms with Crippen molar-refractivity contribution in [3.8, 4) is 17.2 Å². The summed E-state index contributed by atoms with van der Waals surface area (Å²) in [5, 5.41) is 0. The van der Waals surface area contributed by atoms with E-state index in [2.05, 4.69) is 11.0 Å². The number of rotatable bonds is 8. The largest absolute Gasteiger partial charge is 0.494 e. The zero-order valence-corrected chi connectivity index (χ0v) is 16.9. The van der Waals surface area contributed by atoms with Gasteiger partial charge < -0.3 is 14.2 Å².